The highest BCUT2D eigenvalue weighted by Gasteiger charge is 2.46. The number of rotatable bonds is 2. The Hall–Kier alpha value is -1.56. The maximum atomic E-state index is 13.9. The van der Waals surface area contributed by atoms with Gasteiger partial charge in [-0.25, -0.2) is 18.2 Å². The fourth-order valence-electron chi connectivity index (χ4n) is 3.17. The van der Waals surface area contributed by atoms with Gasteiger partial charge >= 0.3 is 0 Å². The Balaban J connectivity index is 1.71. The van der Waals surface area contributed by atoms with E-state index in [4.69, 9.17) is 0 Å². The van der Waals surface area contributed by atoms with Crippen LogP contribution in [0.25, 0.3) is 0 Å². The predicted molar refractivity (Wildman–Crippen MR) is 80.2 cm³/mol. The molecule has 22 heavy (non-hydrogen) atoms. The lowest BCUT2D eigenvalue weighted by molar-refractivity contribution is 0.562. The van der Waals surface area contributed by atoms with Crippen LogP contribution < -0.4 is 4.90 Å². The number of hydrogen-bond acceptors (Lipinski definition) is 2. The number of halogens is 4. The first-order valence-corrected chi connectivity index (χ1v) is 7.87. The van der Waals surface area contributed by atoms with Gasteiger partial charge in [0.05, 0.1) is 11.4 Å². The molecule has 114 valence electrons. The van der Waals surface area contributed by atoms with E-state index in [0.29, 0.717) is 23.1 Å². The Bertz CT molecular complexity index is 765. The fourth-order valence-corrected chi connectivity index (χ4v) is 3.47. The monoisotopic (exact) mass is 368 g/mol. The molecule has 1 aliphatic heterocycles. The quantitative estimate of drug-likeness (QED) is 0.731. The third-order valence-electron chi connectivity index (χ3n) is 4.39. The van der Waals surface area contributed by atoms with Crippen LogP contribution in [0.2, 0.25) is 0 Å². The lowest BCUT2D eigenvalue weighted by Gasteiger charge is -2.30. The molecule has 0 spiro atoms. The smallest absolute Gasteiger partial charge is 0.158 e. The molecule has 1 aromatic heterocycles. The second kappa shape index (κ2) is 4.98. The average Bonchev–Trinajstić information content (AvgIpc) is 3.23. The normalized spacial score (nSPS) is 22.3. The summed E-state index contributed by atoms with van der Waals surface area (Å²) in [5.74, 6) is -0.742. The molecule has 1 aromatic carbocycles. The molecule has 1 fully saturated rings. The van der Waals surface area contributed by atoms with Gasteiger partial charge in [0.1, 0.15) is 16.2 Å². The first-order valence-electron chi connectivity index (χ1n) is 7.07. The van der Waals surface area contributed by atoms with Crippen LogP contribution in [0, 0.1) is 23.4 Å². The largest absolute Gasteiger partial charge is 0.365 e. The number of fused-ring (bicyclic) bond motifs is 3. The molecule has 0 N–H and O–H groups in total. The van der Waals surface area contributed by atoms with E-state index >= 15 is 0 Å². The summed E-state index contributed by atoms with van der Waals surface area (Å²) in [6.07, 6.45) is 1.03. The van der Waals surface area contributed by atoms with Crippen molar-refractivity contribution in [2.45, 2.75) is 18.9 Å². The van der Waals surface area contributed by atoms with Crippen molar-refractivity contribution in [1.29, 1.82) is 0 Å². The minimum absolute atomic E-state index is 0.215. The van der Waals surface area contributed by atoms with Crippen LogP contribution in [0.3, 0.4) is 0 Å². The highest BCUT2D eigenvalue weighted by atomic mass is 79.9. The van der Waals surface area contributed by atoms with Gasteiger partial charge in [-0.15, -0.1) is 0 Å². The molecule has 2 aromatic rings. The minimum Gasteiger partial charge on any atom is -0.365 e. The lowest BCUT2D eigenvalue weighted by Crippen LogP contribution is -2.30. The second-order valence-electron chi connectivity index (χ2n) is 5.88. The van der Waals surface area contributed by atoms with E-state index in [9.17, 15) is 13.2 Å². The van der Waals surface area contributed by atoms with E-state index in [0.717, 1.165) is 24.7 Å². The Kier molecular flexibility index (Phi) is 3.18. The molecule has 2 aliphatic rings. The Morgan fingerprint density at radius 1 is 1.18 bits per heavy atom. The summed E-state index contributed by atoms with van der Waals surface area (Å²) in [6.45, 7) is 1.03. The van der Waals surface area contributed by atoms with Crippen molar-refractivity contribution < 1.29 is 13.2 Å². The van der Waals surface area contributed by atoms with Crippen molar-refractivity contribution in [3.63, 3.8) is 0 Å². The van der Waals surface area contributed by atoms with Crippen LogP contribution in [0.15, 0.2) is 28.9 Å². The van der Waals surface area contributed by atoms with Gasteiger partial charge in [0.25, 0.3) is 0 Å². The minimum atomic E-state index is -0.598. The van der Waals surface area contributed by atoms with E-state index in [2.05, 4.69) is 20.9 Å². The molecule has 0 bridgehead atoms. The van der Waals surface area contributed by atoms with Gasteiger partial charge < -0.3 is 4.90 Å². The van der Waals surface area contributed by atoms with Gasteiger partial charge in [0.2, 0.25) is 0 Å². The highest BCUT2D eigenvalue weighted by Crippen LogP contribution is 2.54. The third kappa shape index (κ3) is 2.29. The number of benzene rings is 1. The van der Waals surface area contributed by atoms with Gasteiger partial charge in [-0.1, -0.05) is 6.07 Å². The first-order chi connectivity index (χ1) is 10.5. The summed E-state index contributed by atoms with van der Waals surface area (Å²) in [5, 5.41) is 0. The highest BCUT2D eigenvalue weighted by molar-refractivity contribution is 9.10. The molecule has 2 atom stereocenters. The van der Waals surface area contributed by atoms with Crippen molar-refractivity contribution in [2.75, 3.05) is 11.4 Å². The van der Waals surface area contributed by atoms with E-state index in [1.165, 1.54) is 18.2 Å². The van der Waals surface area contributed by atoms with Gasteiger partial charge in [-0.2, -0.15) is 0 Å². The number of anilines is 1. The summed E-state index contributed by atoms with van der Waals surface area (Å²) in [4.78, 5) is 6.24. The molecule has 6 heteroatoms. The zero-order valence-corrected chi connectivity index (χ0v) is 13.1. The molecule has 0 amide bonds. The van der Waals surface area contributed by atoms with Crippen LogP contribution in [0.1, 0.15) is 23.6 Å². The van der Waals surface area contributed by atoms with Crippen molar-refractivity contribution in [3.05, 3.63) is 57.6 Å². The molecule has 2 nitrogen and oxygen atoms in total. The second-order valence-corrected chi connectivity index (χ2v) is 6.64. The van der Waals surface area contributed by atoms with E-state index in [1.54, 1.807) is 0 Å². The Labute approximate surface area is 134 Å². The zero-order valence-electron chi connectivity index (χ0n) is 11.5. The van der Waals surface area contributed by atoms with Gasteiger partial charge in [0, 0.05) is 36.7 Å². The maximum absolute atomic E-state index is 13.9. The summed E-state index contributed by atoms with van der Waals surface area (Å²) < 4.78 is 40.9. The van der Waals surface area contributed by atoms with E-state index in [1.807, 2.05) is 4.90 Å². The average molecular weight is 369 g/mol. The van der Waals surface area contributed by atoms with Gasteiger partial charge in [-0.3, -0.25) is 0 Å². The number of pyridine rings is 1. The van der Waals surface area contributed by atoms with Gasteiger partial charge in [-0.05, 0) is 34.3 Å². The molecule has 0 unspecified atom stereocenters. The van der Waals surface area contributed by atoms with Crippen LogP contribution in [0.5, 0.6) is 0 Å². The van der Waals surface area contributed by atoms with Crippen molar-refractivity contribution in [2.24, 2.45) is 5.92 Å². The number of aromatic nitrogens is 1. The Morgan fingerprint density at radius 3 is 2.77 bits per heavy atom. The van der Waals surface area contributed by atoms with E-state index in [-0.39, 0.29) is 11.1 Å². The van der Waals surface area contributed by atoms with Crippen molar-refractivity contribution >= 4 is 21.6 Å². The van der Waals surface area contributed by atoms with Crippen LogP contribution >= 0.6 is 15.9 Å². The molecular formula is C16H12BrF3N2. The zero-order chi connectivity index (χ0) is 15.4. The van der Waals surface area contributed by atoms with Crippen molar-refractivity contribution in [3.8, 4) is 0 Å². The molecule has 0 radical (unpaired) electrons. The summed E-state index contributed by atoms with van der Waals surface area (Å²) >= 11 is 3.12. The maximum Gasteiger partial charge on any atom is 0.158 e. The predicted octanol–water partition coefficient (Wildman–Crippen LogP) is 4.39. The van der Waals surface area contributed by atoms with E-state index < -0.39 is 17.5 Å². The first kappa shape index (κ1) is 14.1. The van der Waals surface area contributed by atoms with Crippen LogP contribution in [0.4, 0.5) is 18.9 Å². The lowest BCUT2D eigenvalue weighted by atomic mass is 10.1. The number of hydrogen-bond donors (Lipinski definition) is 0. The number of nitrogens with zero attached hydrogens (tertiary/aromatic N) is 2. The third-order valence-corrected chi connectivity index (χ3v) is 4.94. The standard InChI is InChI=1S/C16H12BrF3N2/c17-16-13(20)5-14-15(21-16)11-3-9(11)7-22(14)6-8-1-2-10(18)4-12(8)19/h1-2,4-5,9,11H,3,6-7H2/t9-,11-/m0/s1. The van der Waals surface area contributed by atoms with Crippen LogP contribution in [-0.4, -0.2) is 11.5 Å². The molecule has 1 aliphatic carbocycles. The Morgan fingerprint density at radius 2 is 2.00 bits per heavy atom. The molecule has 4 rings (SSSR count). The fraction of sp³-hybridized carbons (Fsp3) is 0.312. The molecule has 1 saturated carbocycles. The molecular weight excluding hydrogens is 357 g/mol. The SMILES string of the molecule is Fc1ccc(CN2C[C@@H]3C[C@@H]3c3nc(Br)c(F)cc32)c(F)c1. The summed E-state index contributed by atoms with van der Waals surface area (Å²) in [5.41, 5.74) is 1.98. The van der Waals surface area contributed by atoms with Crippen molar-refractivity contribution in [1.82, 2.24) is 4.98 Å². The summed E-state index contributed by atoms with van der Waals surface area (Å²) in [6, 6.07) is 5.00. The summed E-state index contributed by atoms with van der Waals surface area (Å²) in [7, 11) is 0. The van der Waals surface area contributed by atoms with Gasteiger partial charge in [0.15, 0.2) is 5.82 Å². The molecule has 0 saturated heterocycles. The van der Waals surface area contributed by atoms with Crippen LogP contribution in [-0.2, 0) is 6.54 Å². The topological polar surface area (TPSA) is 16.1 Å². The molecule has 2 heterocycles.